The second-order valence-electron chi connectivity index (χ2n) is 2.70. The fourth-order valence-corrected chi connectivity index (χ4v) is 1.02. The van der Waals surface area contributed by atoms with E-state index in [2.05, 4.69) is 17.2 Å². The maximum Gasteiger partial charge on any atom is 0.137 e. The molecule has 1 aromatic rings. The van der Waals surface area contributed by atoms with E-state index in [4.69, 9.17) is 4.74 Å². The Morgan fingerprint density at radius 3 is 2.77 bits per heavy atom. The van der Waals surface area contributed by atoms with E-state index in [1.54, 1.807) is 6.20 Å². The van der Waals surface area contributed by atoms with Crippen molar-refractivity contribution >= 4 is 0 Å². The number of nitrogens with zero attached hydrogens (tertiary/aromatic N) is 1. The van der Waals surface area contributed by atoms with E-state index in [0.29, 0.717) is 6.61 Å². The van der Waals surface area contributed by atoms with Gasteiger partial charge in [-0.25, -0.2) is 0 Å². The van der Waals surface area contributed by atoms with Gasteiger partial charge in [-0.2, -0.15) is 0 Å². The molecule has 0 aliphatic carbocycles. The Kier molecular flexibility index (Phi) is 4.26. The topological polar surface area (TPSA) is 34.1 Å². The van der Waals surface area contributed by atoms with E-state index >= 15 is 0 Å². The predicted molar refractivity (Wildman–Crippen MR) is 52.8 cm³/mol. The Morgan fingerprint density at radius 2 is 2.23 bits per heavy atom. The molecule has 0 spiro atoms. The van der Waals surface area contributed by atoms with Gasteiger partial charge in [0.15, 0.2) is 0 Å². The van der Waals surface area contributed by atoms with E-state index in [9.17, 15) is 0 Å². The fraction of sp³-hybridized carbons (Fsp3) is 0.500. The lowest BCUT2D eigenvalue weighted by atomic mass is 10.3. The average molecular weight is 180 g/mol. The molecule has 3 heteroatoms. The third kappa shape index (κ3) is 3.42. The molecule has 0 unspecified atom stereocenters. The Hall–Kier alpha value is -1.09. The van der Waals surface area contributed by atoms with Crippen LogP contribution in [0.25, 0.3) is 0 Å². The Bertz CT molecular complexity index is 233. The third-order valence-corrected chi connectivity index (χ3v) is 1.66. The van der Waals surface area contributed by atoms with Crippen molar-refractivity contribution in [2.75, 3.05) is 13.2 Å². The van der Waals surface area contributed by atoms with Gasteiger partial charge in [-0.05, 0) is 25.6 Å². The van der Waals surface area contributed by atoms with Crippen molar-refractivity contribution in [2.24, 2.45) is 0 Å². The predicted octanol–water partition coefficient (Wildman–Crippen LogP) is 1.59. The minimum Gasteiger partial charge on any atom is -0.492 e. The summed E-state index contributed by atoms with van der Waals surface area (Å²) in [5, 5.41) is 3.21. The number of aromatic nitrogens is 1. The molecule has 0 saturated heterocycles. The van der Waals surface area contributed by atoms with Crippen LogP contribution in [0.4, 0.5) is 0 Å². The highest BCUT2D eigenvalue weighted by Gasteiger charge is 1.94. The summed E-state index contributed by atoms with van der Waals surface area (Å²) in [7, 11) is 0. The Labute approximate surface area is 79.1 Å². The molecular weight excluding hydrogens is 164 g/mol. The SMILES string of the molecule is CCNCc1ccc(OCC)cn1. The van der Waals surface area contributed by atoms with Crippen molar-refractivity contribution in [3.05, 3.63) is 24.0 Å². The van der Waals surface area contributed by atoms with E-state index in [1.807, 2.05) is 19.1 Å². The summed E-state index contributed by atoms with van der Waals surface area (Å²) in [4.78, 5) is 4.25. The van der Waals surface area contributed by atoms with Crippen molar-refractivity contribution in [3.63, 3.8) is 0 Å². The van der Waals surface area contributed by atoms with E-state index in [-0.39, 0.29) is 0 Å². The largest absolute Gasteiger partial charge is 0.492 e. The van der Waals surface area contributed by atoms with Gasteiger partial charge in [0.25, 0.3) is 0 Å². The van der Waals surface area contributed by atoms with Crippen molar-refractivity contribution < 1.29 is 4.74 Å². The van der Waals surface area contributed by atoms with Crippen LogP contribution in [-0.2, 0) is 6.54 Å². The molecule has 1 aromatic heterocycles. The van der Waals surface area contributed by atoms with Crippen LogP contribution in [-0.4, -0.2) is 18.1 Å². The fourth-order valence-electron chi connectivity index (χ4n) is 1.02. The molecule has 3 nitrogen and oxygen atoms in total. The lowest BCUT2D eigenvalue weighted by molar-refractivity contribution is 0.338. The van der Waals surface area contributed by atoms with Gasteiger partial charge in [-0.15, -0.1) is 0 Å². The van der Waals surface area contributed by atoms with Gasteiger partial charge in [0.2, 0.25) is 0 Å². The number of ether oxygens (including phenoxy) is 1. The van der Waals surface area contributed by atoms with Gasteiger partial charge >= 0.3 is 0 Å². The van der Waals surface area contributed by atoms with Crippen LogP contribution in [0, 0.1) is 0 Å². The zero-order valence-corrected chi connectivity index (χ0v) is 8.21. The summed E-state index contributed by atoms with van der Waals surface area (Å²) in [5.74, 6) is 0.836. The average Bonchev–Trinajstić information content (AvgIpc) is 2.17. The van der Waals surface area contributed by atoms with Gasteiger partial charge in [-0.3, -0.25) is 4.98 Å². The number of nitrogens with one attached hydrogen (secondary N) is 1. The molecule has 1 rings (SSSR count). The molecule has 0 bridgehead atoms. The molecule has 0 atom stereocenters. The highest BCUT2D eigenvalue weighted by molar-refractivity contribution is 5.19. The Morgan fingerprint density at radius 1 is 1.38 bits per heavy atom. The second-order valence-corrected chi connectivity index (χ2v) is 2.70. The van der Waals surface area contributed by atoms with E-state index in [1.165, 1.54) is 0 Å². The van der Waals surface area contributed by atoms with Crippen molar-refractivity contribution in [1.29, 1.82) is 0 Å². The summed E-state index contributed by atoms with van der Waals surface area (Å²) >= 11 is 0. The van der Waals surface area contributed by atoms with Crippen LogP contribution in [0.1, 0.15) is 19.5 Å². The van der Waals surface area contributed by atoms with Crippen molar-refractivity contribution in [3.8, 4) is 5.75 Å². The minimum absolute atomic E-state index is 0.689. The molecule has 0 fully saturated rings. The van der Waals surface area contributed by atoms with Gasteiger partial charge in [-0.1, -0.05) is 6.92 Å². The zero-order valence-electron chi connectivity index (χ0n) is 8.21. The lowest BCUT2D eigenvalue weighted by Crippen LogP contribution is -2.12. The van der Waals surface area contributed by atoms with Crippen LogP contribution in [0.5, 0.6) is 5.75 Å². The molecular formula is C10H16N2O. The molecule has 0 aliphatic rings. The first-order chi connectivity index (χ1) is 6.36. The van der Waals surface area contributed by atoms with Crippen LogP contribution >= 0.6 is 0 Å². The zero-order chi connectivity index (χ0) is 9.52. The van der Waals surface area contributed by atoms with Gasteiger partial charge in [0.1, 0.15) is 5.75 Å². The van der Waals surface area contributed by atoms with E-state index < -0.39 is 0 Å². The summed E-state index contributed by atoms with van der Waals surface area (Å²) in [6.45, 7) is 6.52. The first kappa shape index (κ1) is 9.99. The molecule has 0 aliphatic heterocycles. The van der Waals surface area contributed by atoms with Gasteiger partial charge in [0.05, 0.1) is 18.5 Å². The molecule has 1 heterocycles. The first-order valence-corrected chi connectivity index (χ1v) is 4.65. The normalized spacial score (nSPS) is 10.0. The van der Waals surface area contributed by atoms with Crippen molar-refractivity contribution in [2.45, 2.75) is 20.4 Å². The van der Waals surface area contributed by atoms with Crippen molar-refractivity contribution in [1.82, 2.24) is 10.3 Å². The number of hydrogen-bond acceptors (Lipinski definition) is 3. The smallest absolute Gasteiger partial charge is 0.137 e. The first-order valence-electron chi connectivity index (χ1n) is 4.65. The molecule has 0 aromatic carbocycles. The molecule has 0 saturated carbocycles. The van der Waals surface area contributed by atoms with Crippen LogP contribution in [0.3, 0.4) is 0 Å². The molecule has 0 amide bonds. The number of hydrogen-bond donors (Lipinski definition) is 1. The number of rotatable bonds is 5. The van der Waals surface area contributed by atoms with Crippen LogP contribution in [0.2, 0.25) is 0 Å². The summed E-state index contributed by atoms with van der Waals surface area (Å²) in [6.07, 6.45) is 1.76. The van der Waals surface area contributed by atoms with E-state index in [0.717, 1.165) is 24.5 Å². The third-order valence-electron chi connectivity index (χ3n) is 1.66. The van der Waals surface area contributed by atoms with Gasteiger partial charge in [0, 0.05) is 6.54 Å². The minimum atomic E-state index is 0.689. The maximum absolute atomic E-state index is 5.28. The number of pyridine rings is 1. The van der Waals surface area contributed by atoms with Crippen LogP contribution < -0.4 is 10.1 Å². The molecule has 72 valence electrons. The highest BCUT2D eigenvalue weighted by atomic mass is 16.5. The standard InChI is InChI=1S/C10H16N2O/c1-3-11-7-9-5-6-10(8-12-9)13-4-2/h5-6,8,11H,3-4,7H2,1-2H3. The lowest BCUT2D eigenvalue weighted by Gasteiger charge is -2.04. The summed E-state index contributed by atoms with van der Waals surface area (Å²) in [5.41, 5.74) is 1.05. The quantitative estimate of drug-likeness (QED) is 0.747. The maximum atomic E-state index is 5.28. The molecule has 13 heavy (non-hydrogen) atoms. The summed E-state index contributed by atoms with van der Waals surface area (Å²) in [6, 6.07) is 3.93. The summed E-state index contributed by atoms with van der Waals surface area (Å²) < 4.78 is 5.28. The van der Waals surface area contributed by atoms with Gasteiger partial charge < -0.3 is 10.1 Å². The second kappa shape index (κ2) is 5.54. The molecule has 1 N–H and O–H groups in total. The Balaban J connectivity index is 2.48. The monoisotopic (exact) mass is 180 g/mol. The highest BCUT2D eigenvalue weighted by Crippen LogP contribution is 2.08. The van der Waals surface area contributed by atoms with Crippen LogP contribution in [0.15, 0.2) is 18.3 Å². The molecule has 0 radical (unpaired) electrons.